The van der Waals surface area contributed by atoms with Gasteiger partial charge in [-0.25, -0.2) is 9.67 Å². The molecule has 11 heteroatoms. The van der Waals surface area contributed by atoms with Gasteiger partial charge in [0.2, 0.25) is 5.91 Å². The summed E-state index contributed by atoms with van der Waals surface area (Å²) in [5.41, 5.74) is 3.81. The number of ether oxygens (including phenoxy) is 1. The van der Waals surface area contributed by atoms with Crippen LogP contribution in [0.25, 0.3) is 16.9 Å². The quantitative estimate of drug-likeness (QED) is 0.357. The first-order valence-electron chi connectivity index (χ1n) is 12.2. The molecular weight excluding hydrogens is 497 g/mol. The van der Waals surface area contributed by atoms with E-state index in [2.05, 4.69) is 15.3 Å². The fourth-order valence-corrected chi connectivity index (χ4v) is 4.91. The van der Waals surface area contributed by atoms with Gasteiger partial charge in [-0.15, -0.1) is 5.10 Å². The molecule has 38 heavy (non-hydrogen) atoms. The highest BCUT2D eigenvalue weighted by Gasteiger charge is 2.39. The maximum Gasteiger partial charge on any atom is 0.406 e. The summed E-state index contributed by atoms with van der Waals surface area (Å²) in [4.78, 5) is 18.5. The molecule has 198 valence electrons. The van der Waals surface area contributed by atoms with Crippen LogP contribution in [0.4, 0.5) is 13.2 Å². The van der Waals surface area contributed by atoms with Gasteiger partial charge in [-0.05, 0) is 43.4 Å². The Morgan fingerprint density at radius 3 is 2.58 bits per heavy atom. The lowest BCUT2D eigenvalue weighted by Gasteiger charge is -2.25. The second kappa shape index (κ2) is 10.3. The smallest absolute Gasteiger partial charge is 0.406 e. The fraction of sp³-hybridized carbons (Fsp3) is 0.333. The van der Waals surface area contributed by atoms with Crippen molar-refractivity contribution in [3.63, 3.8) is 0 Å². The van der Waals surface area contributed by atoms with E-state index < -0.39 is 24.7 Å². The van der Waals surface area contributed by atoms with E-state index >= 15 is 0 Å². The Bertz CT molecular complexity index is 1420. The van der Waals surface area contributed by atoms with Gasteiger partial charge in [0.05, 0.1) is 31.0 Å². The van der Waals surface area contributed by atoms with Crippen molar-refractivity contribution in [2.75, 3.05) is 20.2 Å². The van der Waals surface area contributed by atoms with E-state index in [0.29, 0.717) is 29.8 Å². The van der Waals surface area contributed by atoms with Gasteiger partial charge < -0.3 is 14.2 Å². The van der Waals surface area contributed by atoms with E-state index in [0.717, 1.165) is 21.8 Å². The maximum absolute atomic E-state index is 13.4. The Morgan fingerprint density at radius 2 is 1.89 bits per heavy atom. The average molecular weight is 525 g/mol. The van der Waals surface area contributed by atoms with Gasteiger partial charge in [0.1, 0.15) is 24.0 Å². The number of imidazole rings is 1. The molecule has 4 aromatic rings. The van der Waals surface area contributed by atoms with Gasteiger partial charge in [0, 0.05) is 18.3 Å². The van der Waals surface area contributed by atoms with E-state index in [1.54, 1.807) is 25.7 Å². The minimum absolute atomic E-state index is 0.0162. The van der Waals surface area contributed by atoms with Crippen molar-refractivity contribution in [1.82, 2.24) is 29.4 Å². The largest absolute Gasteiger partial charge is 0.495 e. The van der Waals surface area contributed by atoms with Crippen LogP contribution in [0.3, 0.4) is 0 Å². The van der Waals surface area contributed by atoms with E-state index in [9.17, 15) is 18.0 Å². The van der Waals surface area contributed by atoms with E-state index in [4.69, 9.17) is 4.74 Å². The monoisotopic (exact) mass is 524 g/mol. The molecule has 0 saturated carbocycles. The van der Waals surface area contributed by atoms with Crippen LogP contribution < -0.4 is 4.74 Å². The molecule has 0 unspecified atom stereocenters. The number of halogens is 3. The van der Waals surface area contributed by atoms with E-state index in [1.165, 1.54) is 4.68 Å². The second-order valence-electron chi connectivity index (χ2n) is 9.42. The van der Waals surface area contributed by atoms with Gasteiger partial charge in [-0.2, -0.15) is 13.2 Å². The third kappa shape index (κ3) is 5.41. The molecule has 1 aliphatic rings. The predicted molar refractivity (Wildman–Crippen MR) is 134 cm³/mol. The first kappa shape index (κ1) is 25.5. The number of alkyl halides is 3. The van der Waals surface area contributed by atoms with Gasteiger partial charge in [0.15, 0.2) is 0 Å². The number of nitrogens with zero attached hydrogens (tertiary/aromatic N) is 6. The highest BCUT2D eigenvalue weighted by Crippen LogP contribution is 2.36. The normalized spacial score (nSPS) is 18.4. The summed E-state index contributed by atoms with van der Waals surface area (Å²) < 4.78 is 48.7. The molecule has 1 fully saturated rings. The first-order valence-corrected chi connectivity index (χ1v) is 12.2. The molecule has 0 aliphatic carbocycles. The van der Waals surface area contributed by atoms with Crippen LogP contribution in [0.2, 0.25) is 0 Å². The molecule has 0 bridgehead atoms. The van der Waals surface area contributed by atoms with Crippen LogP contribution in [0.5, 0.6) is 5.75 Å². The number of amides is 1. The lowest BCUT2D eigenvalue weighted by Crippen LogP contribution is -2.42. The maximum atomic E-state index is 13.4. The molecule has 1 amide bonds. The van der Waals surface area contributed by atoms with E-state index in [-0.39, 0.29) is 12.5 Å². The number of hydrogen-bond donors (Lipinski definition) is 0. The topological polar surface area (TPSA) is 78.1 Å². The Hall–Kier alpha value is -4.15. The number of methoxy groups -OCH3 is 1. The molecule has 0 spiro atoms. The third-order valence-corrected chi connectivity index (χ3v) is 6.79. The van der Waals surface area contributed by atoms with Crippen LogP contribution in [-0.4, -0.2) is 61.7 Å². The van der Waals surface area contributed by atoms with Crippen molar-refractivity contribution < 1.29 is 22.7 Å². The zero-order chi connectivity index (χ0) is 26.9. The van der Waals surface area contributed by atoms with Gasteiger partial charge in [-0.1, -0.05) is 41.6 Å². The molecule has 2 aromatic heterocycles. The van der Waals surface area contributed by atoms with Crippen LogP contribution in [0, 0.1) is 6.92 Å². The van der Waals surface area contributed by atoms with Crippen molar-refractivity contribution >= 4 is 5.91 Å². The molecule has 8 nitrogen and oxygen atoms in total. The number of carbonyl (C=O) groups is 1. The van der Waals surface area contributed by atoms with Crippen molar-refractivity contribution in [3.05, 3.63) is 78.5 Å². The summed E-state index contributed by atoms with van der Waals surface area (Å²) in [5.74, 6) is -0.129. The molecular formula is C27H27F3N6O2. The lowest BCUT2D eigenvalue weighted by atomic mass is 9.90. The summed E-state index contributed by atoms with van der Waals surface area (Å²) >= 11 is 0. The summed E-state index contributed by atoms with van der Waals surface area (Å²) in [6.07, 6.45) is 1.43. The molecule has 5 rings (SSSR count). The molecule has 1 aliphatic heterocycles. The zero-order valence-electron chi connectivity index (χ0n) is 21.0. The fourth-order valence-electron chi connectivity index (χ4n) is 4.91. The summed E-state index contributed by atoms with van der Waals surface area (Å²) in [6.45, 7) is 0.614. The van der Waals surface area contributed by atoms with Crippen LogP contribution in [0.15, 0.2) is 67.3 Å². The molecule has 3 heterocycles. The zero-order valence-corrected chi connectivity index (χ0v) is 21.0. The van der Waals surface area contributed by atoms with Crippen molar-refractivity contribution in [2.24, 2.45) is 0 Å². The number of carbonyl (C=O) groups excluding carboxylic acids is 1. The standard InChI is InChI=1S/C27H27F3N6O2/c1-18-14-35(17-31-18)23-9-8-21(13-25(23)38-2)22-15-36(33-32-22)24-12-20(19-6-4-3-5-7-19)10-11-34(26(24)37)16-27(28,29)30/h3-9,13-15,17,20,24H,10-12,16H2,1-2H3/t20-,24-/m0/s1. The highest BCUT2D eigenvalue weighted by molar-refractivity contribution is 5.81. The average Bonchev–Trinajstić information content (AvgIpc) is 3.53. The van der Waals surface area contributed by atoms with Crippen molar-refractivity contribution in [3.8, 4) is 22.7 Å². The summed E-state index contributed by atoms with van der Waals surface area (Å²) in [7, 11) is 1.56. The van der Waals surface area contributed by atoms with Crippen LogP contribution in [-0.2, 0) is 4.79 Å². The summed E-state index contributed by atoms with van der Waals surface area (Å²) in [5, 5.41) is 8.44. The Labute approximate surface area is 217 Å². The SMILES string of the molecule is COc1cc(-c2cn([C@H]3C[C@@H](c4ccccc4)CCN(CC(F)(F)F)C3=O)nn2)ccc1-n1cnc(C)c1. The molecule has 2 atom stereocenters. The van der Waals surface area contributed by atoms with Gasteiger partial charge >= 0.3 is 6.18 Å². The highest BCUT2D eigenvalue weighted by atomic mass is 19.4. The van der Waals surface area contributed by atoms with Gasteiger partial charge in [-0.3, -0.25) is 4.79 Å². The number of likely N-dealkylation sites (tertiary alicyclic amines) is 1. The van der Waals surface area contributed by atoms with Crippen LogP contribution >= 0.6 is 0 Å². The van der Waals surface area contributed by atoms with Gasteiger partial charge in [0.25, 0.3) is 0 Å². The number of hydrogen-bond acceptors (Lipinski definition) is 5. The van der Waals surface area contributed by atoms with E-state index in [1.807, 2.05) is 60.2 Å². The number of aryl methyl sites for hydroxylation is 1. The number of rotatable bonds is 6. The molecule has 0 N–H and O–H groups in total. The Kier molecular flexibility index (Phi) is 6.92. The van der Waals surface area contributed by atoms with Crippen molar-refractivity contribution in [2.45, 2.75) is 37.9 Å². The molecule has 2 aromatic carbocycles. The lowest BCUT2D eigenvalue weighted by molar-refractivity contribution is -0.162. The predicted octanol–water partition coefficient (Wildman–Crippen LogP) is 4.96. The first-order chi connectivity index (χ1) is 18.2. The molecule has 0 radical (unpaired) electrons. The van der Waals surface area contributed by atoms with Crippen molar-refractivity contribution in [1.29, 1.82) is 0 Å². The third-order valence-electron chi connectivity index (χ3n) is 6.79. The number of benzene rings is 2. The summed E-state index contributed by atoms with van der Waals surface area (Å²) in [6, 6.07) is 14.1. The number of aromatic nitrogens is 5. The molecule has 1 saturated heterocycles. The minimum atomic E-state index is -4.49. The second-order valence-corrected chi connectivity index (χ2v) is 9.42. The Balaban J connectivity index is 1.46. The minimum Gasteiger partial charge on any atom is -0.495 e. The van der Waals surface area contributed by atoms with Crippen LogP contribution in [0.1, 0.15) is 36.1 Å². The Morgan fingerprint density at radius 1 is 1.11 bits per heavy atom.